The Hall–Kier alpha value is -2.74. The van der Waals surface area contributed by atoms with Gasteiger partial charge < -0.3 is 15.7 Å². The summed E-state index contributed by atoms with van der Waals surface area (Å²) in [6, 6.07) is 6.70. The molecule has 0 aliphatic heterocycles. The minimum absolute atomic E-state index is 0.0260. The number of carboxylic acids is 1. The van der Waals surface area contributed by atoms with E-state index >= 15 is 0 Å². The molecule has 7 nitrogen and oxygen atoms in total. The molecule has 2 aromatic rings. The van der Waals surface area contributed by atoms with Crippen LogP contribution in [0.5, 0.6) is 0 Å². The average molecular weight is 512 g/mol. The van der Waals surface area contributed by atoms with Gasteiger partial charge in [0.1, 0.15) is 4.88 Å². The van der Waals surface area contributed by atoms with Crippen LogP contribution in [-0.4, -0.2) is 27.9 Å². The Labute approximate surface area is 217 Å². The molecule has 2 saturated carbocycles. The molecule has 8 heteroatoms. The predicted octanol–water partition coefficient (Wildman–Crippen LogP) is 6.52. The van der Waals surface area contributed by atoms with Crippen LogP contribution < -0.4 is 10.6 Å². The highest BCUT2D eigenvalue weighted by molar-refractivity contribution is 7.17. The standard InChI is InChI=1S/C28H37N3O4S/c32-25(16-15-23(20-7-3-1-4-8-20)21-9-5-2-6-10-21)31-28-29-18-24(36-28)27(35)30-22-13-11-19(12-14-22)17-26(33)34/h11-14,18,20-21,23H,1-10,15-17H2,(H,30,35)(H,33,34)(H,29,31,32). The van der Waals surface area contributed by atoms with Crippen LogP contribution in [0.4, 0.5) is 10.8 Å². The summed E-state index contributed by atoms with van der Waals surface area (Å²) in [6.45, 7) is 0. The first-order valence-electron chi connectivity index (χ1n) is 13.4. The van der Waals surface area contributed by atoms with Gasteiger partial charge in [0.25, 0.3) is 5.91 Å². The molecule has 2 aliphatic rings. The number of hydrogen-bond donors (Lipinski definition) is 3. The van der Waals surface area contributed by atoms with Crippen molar-refractivity contribution in [3.8, 4) is 0 Å². The number of benzene rings is 1. The molecule has 2 aliphatic carbocycles. The Balaban J connectivity index is 1.28. The minimum atomic E-state index is -0.899. The van der Waals surface area contributed by atoms with Crippen molar-refractivity contribution in [1.82, 2.24) is 4.98 Å². The number of nitrogens with zero attached hydrogens (tertiary/aromatic N) is 1. The van der Waals surface area contributed by atoms with Gasteiger partial charge in [-0.05, 0) is 41.9 Å². The second kappa shape index (κ2) is 13.0. The molecule has 0 saturated heterocycles. The summed E-state index contributed by atoms with van der Waals surface area (Å²) < 4.78 is 0. The largest absolute Gasteiger partial charge is 0.481 e. The van der Waals surface area contributed by atoms with E-state index in [1.807, 2.05) is 0 Å². The van der Waals surface area contributed by atoms with Crippen molar-refractivity contribution < 1.29 is 19.5 Å². The number of anilines is 2. The summed E-state index contributed by atoms with van der Waals surface area (Å²) in [5, 5.41) is 15.0. The molecule has 0 bridgehead atoms. The number of aromatic nitrogens is 1. The highest BCUT2D eigenvalue weighted by Crippen LogP contribution is 2.42. The lowest BCUT2D eigenvalue weighted by atomic mass is 9.68. The van der Waals surface area contributed by atoms with Crippen LogP contribution in [0.3, 0.4) is 0 Å². The first-order valence-corrected chi connectivity index (χ1v) is 14.2. The normalized spacial score (nSPS) is 17.1. The zero-order chi connectivity index (χ0) is 25.3. The summed E-state index contributed by atoms with van der Waals surface area (Å²) in [6.07, 6.45) is 16.1. The number of carboxylic acid groups (broad SMARTS) is 1. The lowest BCUT2D eigenvalue weighted by molar-refractivity contribution is -0.136. The van der Waals surface area contributed by atoms with Crippen molar-refractivity contribution in [3.05, 3.63) is 40.9 Å². The van der Waals surface area contributed by atoms with Gasteiger partial charge in [-0.25, -0.2) is 4.98 Å². The summed E-state index contributed by atoms with van der Waals surface area (Å²) in [7, 11) is 0. The van der Waals surface area contributed by atoms with Crippen molar-refractivity contribution in [2.24, 2.45) is 17.8 Å². The van der Waals surface area contributed by atoms with Gasteiger partial charge in [-0.15, -0.1) is 0 Å². The molecule has 1 heterocycles. The molecular formula is C28H37N3O4S. The molecule has 0 atom stereocenters. The van der Waals surface area contributed by atoms with Crippen LogP contribution in [-0.2, 0) is 16.0 Å². The minimum Gasteiger partial charge on any atom is -0.481 e. The van der Waals surface area contributed by atoms with Gasteiger partial charge in [-0.2, -0.15) is 0 Å². The van der Waals surface area contributed by atoms with Gasteiger partial charge in [0, 0.05) is 12.1 Å². The van der Waals surface area contributed by atoms with E-state index in [-0.39, 0.29) is 18.2 Å². The number of aliphatic carboxylic acids is 1. The monoisotopic (exact) mass is 511 g/mol. The van der Waals surface area contributed by atoms with Crippen molar-refractivity contribution in [2.75, 3.05) is 10.6 Å². The van der Waals surface area contributed by atoms with Gasteiger partial charge in [-0.3, -0.25) is 14.4 Å². The van der Waals surface area contributed by atoms with Crippen LogP contribution in [0.15, 0.2) is 30.5 Å². The van der Waals surface area contributed by atoms with E-state index in [9.17, 15) is 14.4 Å². The van der Waals surface area contributed by atoms with Crippen LogP contribution in [0, 0.1) is 17.8 Å². The molecule has 3 N–H and O–H groups in total. The molecule has 1 aromatic heterocycles. The van der Waals surface area contributed by atoms with Gasteiger partial charge in [0.05, 0.1) is 12.6 Å². The molecule has 4 rings (SSSR count). The van der Waals surface area contributed by atoms with Crippen LogP contribution in [0.2, 0.25) is 0 Å². The van der Waals surface area contributed by atoms with Crippen LogP contribution in [0.1, 0.15) is 92.3 Å². The third-order valence-corrected chi connectivity index (χ3v) is 8.67. The van der Waals surface area contributed by atoms with Gasteiger partial charge in [0.15, 0.2) is 5.13 Å². The molecule has 36 heavy (non-hydrogen) atoms. The fourth-order valence-electron chi connectivity index (χ4n) is 5.97. The lowest BCUT2D eigenvalue weighted by Crippen LogP contribution is -2.28. The maximum atomic E-state index is 12.8. The third-order valence-electron chi connectivity index (χ3n) is 7.76. The van der Waals surface area contributed by atoms with Crippen molar-refractivity contribution in [1.29, 1.82) is 0 Å². The highest BCUT2D eigenvalue weighted by atomic mass is 32.1. The topological polar surface area (TPSA) is 108 Å². The number of amides is 2. The number of thiazole rings is 1. The Morgan fingerprint density at radius 1 is 0.917 bits per heavy atom. The van der Waals surface area contributed by atoms with E-state index in [4.69, 9.17) is 5.11 Å². The van der Waals surface area contributed by atoms with Gasteiger partial charge >= 0.3 is 5.97 Å². The maximum absolute atomic E-state index is 12.8. The zero-order valence-electron chi connectivity index (χ0n) is 20.8. The summed E-state index contributed by atoms with van der Waals surface area (Å²) in [5.41, 5.74) is 1.24. The Bertz CT molecular complexity index is 1010. The Kier molecular flexibility index (Phi) is 9.50. The fraction of sp³-hybridized carbons (Fsp3) is 0.571. The molecule has 194 valence electrons. The van der Waals surface area contributed by atoms with Gasteiger partial charge in [0.2, 0.25) is 5.91 Å². The molecule has 1 aromatic carbocycles. The Morgan fingerprint density at radius 2 is 1.53 bits per heavy atom. The molecule has 0 unspecified atom stereocenters. The average Bonchev–Trinajstić information content (AvgIpc) is 3.35. The van der Waals surface area contributed by atoms with E-state index < -0.39 is 5.97 Å². The summed E-state index contributed by atoms with van der Waals surface area (Å²) in [4.78, 5) is 40.8. The maximum Gasteiger partial charge on any atom is 0.307 e. The van der Waals surface area contributed by atoms with Crippen molar-refractivity contribution in [3.63, 3.8) is 0 Å². The number of nitrogens with one attached hydrogen (secondary N) is 2. The molecule has 2 amide bonds. The number of hydrogen-bond acceptors (Lipinski definition) is 5. The second-order valence-electron chi connectivity index (χ2n) is 10.3. The van der Waals surface area contributed by atoms with Crippen molar-refractivity contribution >= 4 is 39.9 Å². The summed E-state index contributed by atoms with van der Waals surface area (Å²) in [5.74, 6) is 0.946. The molecular weight excluding hydrogens is 474 g/mol. The van der Waals surface area contributed by atoms with Gasteiger partial charge in [-0.1, -0.05) is 87.7 Å². The summed E-state index contributed by atoms with van der Waals surface area (Å²) >= 11 is 1.16. The fourth-order valence-corrected chi connectivity index (χ4v) is 6.70. The number of carbonyl (C=O) groups is 3. The molecule has 2 fully saturated rings. The van der Waals surface area contributed by atoms with Crippen LogP contribution in [0.25, 0.3) is 0 Å². The van der Waals surface area contributed by atoms with E-state index in [2.05, 4.69) is 15.6 Å². The van der Waals surface area contributed by atoms with Crippen molar-refractivity contribution in [2.45, 2.75) is 83.5 Å². The lowest BCUT2D eigenvalue weighted by Gasteiger charge is -2.38. The second-order valence-corrected chi connectivity index (χ2v) is 11.3. The third kappa shape index (κ3) is 7.63. The van der Waals surface area contributed by atoms with E-state index in [0.717, 1.165) is 29.6 Å². The molecule has 0 radical (unpaired) electrons. The Morgan fingerprint density at radius 3 is 2.11 bits per heavy atom. The SMILES string of the molecule is O=C(O)Cc1ccc(NC(=O)c2cnc(NC(=O)CCC(C3CCCCC3)C3CCCCC3)s2)cc1. The first-order chi connectivity index (χ1) is 17.5. The van der Waals surface area contributed by atoms with Crippen LogP contribution >= 0.6 is 11.3 Å². The molecule has 0 spiro atoms. The first kappa shape index (κ1) is 26.3. The predicted molar refractivity (Wildman–Crippen MR) is 142 cm³/mol. The van der Waals surface area contributed by atoms with E-state index in [0.29, 0.717) is 33.6 Å². The van der Waals surface area contributed by atoms with E-state index in [1.165, 1.54) is 70.4 Å². The highest BCUT2D eigenvalue weighted by Gasteiger charge is 2.31. The number of rotatable bonds is 10. The smallest absolute Gasteiger partial charge is 0.307 e. The zero-order valence-corrected chi connectivity index (χ0v) is 21.7. The quantitative estimate of drug-likeness (QED) is 0.337. The van der Waals surface area contributed by atoms with E-state index in [1.54, 1.807) is 24.3 Å². The number of carbonyl (C=O) groups excluding carboxylic acids is 2.